The summed E-state index contributed by atoms with van der Waals surface area (Å²) in [5.74, 6) is -0.600. The summed E-state index contributed by atoms with van der Waals surface area (Å²) in [6.07, 6.45) is 3.44. The van der Waals surface area contributed by atoms with Crippen molar-refractivity contribution >= 4 is 13.0 Å². The van der Waals surface area contributed by atoms with Gasteiger partial charge in [0.2, 0.25) is 5.91 Å². The van der Waals surface area contributed by atoms with Crippen LogP contribution in [0.2, 0.25) is 0 Å². The minimum absolute atomic E-state index is 0.0648. The smallest absolute Gasteiger partial charge is 0.426 e. The molecule has 0 aromatic heterocycles. The average Bonchev–Trinajstić information content (AvgIpc) is 2.83. The third-order valence-corrected chi connectivity index (χ3v) is 3.98. The largest absolute Gasteiger partial charge is 0.475 e. The summed E-state index contributed by atoms with van der Waals surface area (Å²) in [6, 6.07) is -0.494. The van der Waals surface area contributed by atoms with Crippen molar-refractivity contribution < 1.29 is 14.8 Å². The van der Waals surface area contributed by atoms with Crippen LogP contribution in [-0.4, -0.2) is 46.5 Å². The van der Waals surface area contributed by atoms with Crippen molar-refractivity contribution in [3.63, 3.8) is 0 Å². The van der Waals surface area contributed by atoms with Crippen molar-refractivity contribution in [2.45, 2.75) is 44.6 Å². The molecule has 5 nitrogen and oxygen atoms in total. The summed E-state index contributed by atoms with van der Waals surface area (Å²) in [5.41, 5.74) is 5.88. The average molecular weight is 226 g/mol. The molecule has 1 aliphatic carbocycles. The maximum Gasteiger partial charge on any atom is 0.475 e. The molecule has 1 aliphatic heterocycles. The van der Waals surface area contributed by atoms with E-state index in [1.807, 2.05) is 6.92 Å². The summed E-state index contributed by atoms with van der Waals surface area (Å²) in [4.78, 5) is 13.7. The van der Waals surface area contributed by atoms with Gasteiger partial charge in [0.05, 0.1) is 12.0 Å². The van der Waals surface area contributed by atoms with Gasteiger partial charge in [-0.1, -0.05) is 6.92 Å². The van der Waals surface area contributed by atoms with Crippen LogP contribution in [0.5, 0.6) is 0 Å². The SMILES string of the molecule is CC1(C(N)C(=O)N2CCCC2B(O)O)CC1. The Morgan fingerprint density at radius 3 is 2.69 bits per heavy atom. The van der Waals surface area contributed by atoms with Crippen molar-refractivity contribution in [3.8, 4) is 0 Å². The van der Waals surface area contributed by atoms with Gasteiger partial charge >= 0.3 is 7.12 Å². The van der Waals surface area contributed by atoms with E-state index in [0.29, 0.717) is 13.0 Å². The lowest BCUT2D eigenvalue weighted by molar-refractivity contribution is -0.134. The standard InChI is InChI=1S/C10H19BN2O3/c1-10(4-5-10)8(12)9(14)13-6-2-3-7(13)11(15)16/h7-8,15-16H,2-6,12H2,1H3. The Balaban J connectivity index is 2.03. The number of carbonyl (C=O) groups excluding carboxylic acids is 1. The molecular formula is C10H19BN2O3. The maximum atomic E-state index is 12.1. The number of nitrogens with two attached hydrogens (primary N) is 1. The number of rotatable bonds is 3. The van der Waals surface area contributed by atoms with Gasteiger partial charge in [-0.2, -0.15) is 0 Å². The molecule has 0 spiro atoms. The number of likely N-dealkylation sites (tertiary alicyclic amines) is 1. The Morgan fingerprint density at radius 2 is 2.19 bits per heavy atom. The molecule has 0 aromatic rings. The highest BCUT2D eigenvalue weighted by molar-refractivity contribution is 6.43. The van der Waals surface area contributed by atoms with Gasteiger partial charge in [0.1, 0.15) is 0 Å². The van der Waals surface area contributed by atoms with Crippen LogP contribution in [0.3, 0.4) is 0 Å². The summed E-state index contributed by atoms with van der Waals surface area (Å²) in [7, 11) is -1.45. The molecule has 2 aliphatic rings. The number of carbonyl (C=O) groups is 1. The topological polar surface area (TPSA) is 86.8 Å². The molecule has 2 rings (SSSR count). The Morgan fingerprint density at radius 1 is 1.56 bits per heavy atom. The number of hydrogen-bond acceptors (Lipinski definition) is 4. The van der Waals surface area contributed by atoms with Gasteiger partial charge in [0.15, 0.2) is 0 Å². The van der Waals surface area contributed by atoms with E-state index in [1.54, 1.807) is 4.90 Å². The zero-order valence-electron chi connectivity index (χ0n) is 9.59. The first-order chi connectivity index (χ1) is 7.46. The van der Waals surface area contributed by atoms with Gasteiger partial charge in [-0.3, -0.25) is 4.79 Å². The molecule has 0 bridgehead atoms. The Labute approximate surface area is 95.8 Å². The van der Waals surface area contributed by atoms with Crippen LogP contribution >= 0.6 is 0 Å². The lowest BCUT2D eigenvalue weighted by Crippen LogP contribution is -2.53. The van der Waals surface area contributed by atoms with Crippen molar-refractivity contribution in [1.82, 2.24) is 4.90 Å². The molecule has 6 heteroatoms. The van der Waals surface area contributed by atoms with Gasteiger partial charge in [-0.25, -0.2) is 0 Å². The van der Waals surface area contributed by atoms with E-state index in [1.165, 1.54) is 0 Å². The molecule has 90 valence electrons. The lowest BCUT2D eigenvalue weighted by Gasteiger charge is -2.29. The van der Waals surface area contributed by atoms with Crippen LogP contribution in [0.1, 0.15) is 32.6 Å². The van der Waals surface area contributed by atoms with E-state index in [4.69, 9.17) is 5.73 Å². The molecule has 0 radical (unpaired) electrons. The summed E-state index contributed by atoms with van der Waals surface area (Å²) in [5, 5.41) is 18.4. The second-order valence-electron chi connectivity index (χ2n) is 5.29. The minimum atomic E-state index is -1.45. The van der Waals surface area contributed by atoms with Crippen LogP contribution in [0.25, 0.3) is 0 Å². The summed E-state index contributed by atoms with van der Waals surface area (Å²) in [6.45, 7) is 2.60. The Hall–Kier alpha value is -0.585. The summed E-state index contributed by atoms with van der Waals surface area (Å²) >= 11 is 0. The zero-order chi connectivity index (χ0) is 11.9. The highest BCUT2D eigenvalue weighted by Gasteiger charge is 2.49. The quantitative estimate of drug-likeness (QED) is 0.545. The van der Waals surface area contributed by atoms with E-state index in [9.17, 15) is 14.8 Å². The number of nitrogens with zero attached hydrogens (tertiary/aromatic N) is 1. The van der Waals surface area contributed by atoms with Gasteiger partial charge in [0, 0.05) is 6.54 Å². The first-order valence-corrected chi connectivity index (χ1v) is 5.88. The first-order valence-electron chi connectivity index (χ1n) is 5.88. The molecular weight excluding hydrogens is 207 g/mol. The van der Waals surface area contributed by atoms with Gasteiger partial charge in [-0.05, 0) is 31.1 Å². The fourth-order valence-electron chi connectivity index (χ4n) is 2.36. The number of hydrogen-bond donors (Lipinski definition) is 3. The molecule has 1 heterocycles. The second-order valence-corrected chi connectivity index (χ2v) is 5.29. The van der Waals surface area contributed by atoms with Crippen LogP contribution in [-0.2, 0) is 4.79 Å². The molecule has 4 N–H and O–H groups in total. The molecule has 2 atom stereocenters. The predicted molar refractivity (Wildman–Crippen MR) is 60.2 cm³/mol. The van der Waals surface area contributed by atoms with Crippen molar-refractivity contribution in [1.29, 1.82) is 0 Å². The third kappa shape index (κ3) is 1.97. The first kappa shape index (κ1) is 11.9. The highest BCUT2D eigenvalue weighted by atomic mass is 16.4. The summed E-state index contributed by atoms with van der Waals surface area (Å²) < 4.78 is 0. The monoisotopic (exact) mass is 226 g/mol. The highest BCUT2D eigenvalue weighted by Crippen LogP contribution is 2.48. The third-order valence-electron chi connectivity index (χ3n) is 3.98. The minimum Gasteiger partial charge on any atom is -0.426 e. The van der Waals surface area contributed by atoms with E-state index in [0.717, 1.165) is 19.3 Å². The molecule has 1 amide bonds. The van der Waals surface area contributed by atoms with Crippen LogP contribution in [0.15, 0.2) is 0 Å². The van der Waals surface area contributed by atoms with E-state index in [-0.39, 0.29) is 11.3 Å². The fraction of sp³-hybridized carbons (Fsp3) is 0.900. The van der Waals surface area contributed by atoms with E-state index in [2.05, 4.69) is 0 Å². The fourth-order valence-corrected chi connectivity index (χ4v) is 2.36. The number of amides is 1. The molecule has 2 unspecified atom stereocenters. The maximum absolute atomic E-state index is 12.1. The Bertz CT molecular complexity index is 294. The predicted octanol–water partition coefficient (Wildman–Crippen LogP) is -0.883. The zero-order valence-corrected chi connectivity index (χ0v) is 9.59. The van der Waals surface area contributed by atoms with Gasteiger partial charge in [-0.15, -0.1) is 0 Å². The van der Waals surface area contributed by atoms with Crippen molar-refractivity contribution in [2.24, 2.45) is 11.1 Å². The van der Waals surface area contributed by atoms with Gasteiger partial charge in [0.25, 0.3) is 0 Å². The van der Waals surface area contributed by atoms with Gasteiger partial charge < -0.3 is 20.7 Å². The molecule has 0 aromatic carbocycles. The molecule has 1 saturated heterocycles. The van der Waals surface area contributed by atoms with Crippen LogP contribution < -0.4 is 5.73 Å². The molecule has 2 fully saturated rings. The van der Waals surface area contributed by atoms with Crippen molar-refractivity contribution in [2.75, 3.05) is 6.54 Å². The lowest BCUT2D eigenvalue weighted by atomic mass is 9.77. The molecule has 1 saturated carbocycles. The van der Waals surface area contributed by atoms with E-state index < -0.39 is 19.1 Å². The van der Waals surface area contributed by atoms with E-state index >= 15 is 0 Å². The van der Waals surface area contributed by atoms with Crippen LogP contribution in [0, 0.1) is 5.41 Å². The molecule has 16 heavy (non-hydrogen) atoms. The normalized spacial score (nSPS) is 29.0. The second kappa shape index (κ2) is 4.02. The Kier molecular flexibility index (Phi) is 2.98. The van der Waals surface area contributed by atoms with Crippen LogP contribution in [0.4, 0.5) is 0 Å². The van der Waals surface area contributed by atoms with Crippen molar-refractivity contribution in [3.05, 3.63) is 0 Å².